The van der Waals surface area contributed by atoms with E-state index in [2.05, 4.69) is 29.2 Å². The van der Waals surface area contributed by atoms with Crippen molar-refractivity contribution in [2.75, 3.05) is 5.32 Å². The number of hydrogen-bond donors (Lipinski definition) is 2. The fourth-order valence-electron chi connectivity index (χ4n) is 4.54. The van der Waals surface area contributed by atoms with E-state index in [4.69, 9.17) is 5.73 Å². The number of amides is 1. The van der Waals surface area contributed by atoms with Crippen molar-refractivity contribution in [1.29, 1.82) is 0 Å². The lowest BCUT2D eigenvalue weighted by Crippen LogP contribution is -2.34. The van der Waals surface area contributed by atoms with Gasteiger partial charge in [0.2, 0.25) is 5.91 Å². The van der Waals surface area contributed by atoms with Gasteiger partial charge in [0.25, 0.3) is 0 Å². The Morgan fingerprint density at radius 1 is 1.27 bits per heavy atom. The molecule has 3 N–H and O–H groups in total. The van der Waals surface area contributed by atoms with Gasteiger partial charge in [0, 0.05) is 41.5 Å². The Labute approximate surface area is 173 Å². The van der Waals surface area contributed by atoms with Crippen LogP contribution in [0.1, 0.15) is 50.8 Å². The van der Waals surface area contributed by atoms with Crippen LogP contribution in [-0.2, 0) is 23.9 Å². The summed E-state index contributed by atoms with van der Waals surface area (Å²) in [6.07, 6.45) is 1.37. The first-order valence-electron chi connectivity index (χ1n) is 10.2. The fraction of sp³-hybridized carbons (Fsp3) is 0.571. The second kappa shape index (κ2) is 7.37. The maximum absolute atomic E-state index is 13.7. The number of pyridine rings is 1. The summed E-state index contributed by atoms with van der Waals surface area (Å²) in [6, 6.07) is 1.29. The molecule has 0 spiro atoms. The van der Waals surface area contributed by atoms with E-state index in [9.17, 15) is 18.0 Å². The number of carbonyl (C=O) groups is 1. The van der Waals surface area contributed by atoms with Crippen LogP contribution in [0.4, 0.5) is 19.0 Å². The summed E-state index contributed by atoms with van der Waals surface area (Å²) < 4.78 is 42.9. The average molecular weight is 421 g/mol. The van der Waals surface area contributed by atoms with Crippen LogP contribution in [0, 0.1) is 11.3 Å². The first-order chi connectivity index (χ1) is 14.0. The quantitative estimate of drug-likeness (QED) is 0.784. The summed E-state index contributed by atoms with van der Waals surface area (Å²) in [5.74, 6) is -0.383. The maximum atomic E-state index is 13.7. The number of anilines is 1. The molecule has 2 aromatic heterocycles. The number of hydrogen-bond acceptors (Lipinski definition) is 4. The van der Waals surface area contributed by atoms with Gasteiger partial charge in [0.15, 0.2) is 0 Å². The average Bonchev–Trinajstić information content (AvgIpc) is 3.15. The Balaban J connectivity index is 1.67. The van der Waals surface area contributed by atoms with E-state index in [0.717, 1.165) is 31.2 Å². The first-order valence-corrected chi connectivity index (χ1v) is 10.2. The lowest BCUT2D eigenvalue weighted by atomic mass is 9.85. The van der Waals surface area contributed by atoms with E-state index in [-0.39, 0.29) is 34.7 Å². The van der Waals surface area contributed by atoms with Gasteiger partial charge in [-0.25, -0.2) is 4.98 Å². The van der Waals surface area contributed by atoms with Crippen LogP contribution in [0.2, 0.25) is 0 Å². The summed E-state index contributed by atoms with van der Waals surface area (Å²) in [5, 5.41) is 6.99. The molecule has 1 aliphatic carbocycles. The number of fused-ring (bicyclic) bond motifs is 1. The SMILES string of the molecule is CC1(C)Cc2c(-c3cc(NC(=O)[C@H]4CCC[C@@H](N)C4)ncc3C(F)(F)F)cnn2C1. The third-order valence-electron chi connectivity index (χ3n) is 6.01. The molecule has 2 atom stereocenters. The minimum Gasteiger partial charge on any atom is -0.328 e. The molecule has 2 aliphatic rings. The van der Waals surface area contributed by atoms with Gasteiger partial charge in [-0.3, -0.25) is 9.48 Å². The molecule has 1 fully saturated rings. The number of nitrogens with two attached hydrogens (primary N) is 1. The Hall–Kier alpha value is -2.42. The highest BCUT2D eigenvalue weighted by atomic mass is 19.4. The monoisotopic (exact) mass is 421 g/mol. The van der Waals surface area contributed by atoms with Gasteiger partial charge in [-0.05, 0) is 37.2 Å². The van der Waals surface area contributed by atoms with Gasteiger partial charge in [0.05, 0.1) is 11.8 Å². The highest BCUT2D eigenvalue weighted by Crippen LogP contribution is 2.42. The summed E-state index contributed by atoms with van der Waals surface area (Å²) in [6.45, 7) is 4.77. The zero-order valence-electron chi connectivity index (χ0n) is 17.1. The Morgan fingerprint density at radius 2 is 2.03 bits per heavy atom. The molecule has 9 heteroatoms. The van der Waals surface area contributed by atoms with Crippen LogP contribution in [0.25, 0.3) is 11.1 Å². The van der Waals surface area contributed by atoms with Gasteiger partial charge in [-0.1, -0.05) is 20.3 Å². The highest BCUT2D eigenvalue weighted by molar-refractivity contribution is 5.92. The Morgan fingerprint density at radius 3 is 2.73 bits per heavy atom. The van der Waals surface area contributed by atoms with Crippen molar-refractivity contribution in [2.45, 2.75) is 64.7 Å². The lowest BCUT2D eigenvalue weighted by Gasteiger charge is -2.25. The normalized spacial score (nSPS) is 23.3. The molecule has 0 unspecified atom stereocenters. The van der Waals surface area contributed by atoms with Crippen molar-refractivity contribution >= 4 is 11.7 Å². The van der Waals surface area contributed by atoms with Crippen LogP contribution >= 0.6 is 0 Å². The Kier molecular flexibility index (Phi) is 5.12. The zero-order chi connectivity index (χ0) is 21.7. The molecule has 0 radical (unpaired) electrons. The molecule has 0 aromatic carbocycles. The molecule has 6 nitrogen and oxygen atoms in total. The number of carbonyl (C=O) groups excluding carboxylic acids is 1. The number of aromatic nitrogens is 3. The standard InChI is InChI=1S/C21H26F3N5O/c1-20(2)8-17-15(9-27-29(17)11-20)14-7-18(26-10-16(14)21(22,23)24)28-19(30)12-4-3-5-13(25)6-12/h7,9-10,12-13H,3-6,8,11,25H2,1-2H3,(H,26,28,30)/t12-,13+/m0/s1. The minimum absolute atomic E-state index is 0.00732. The molecule has 1 aliphatic heterocycles. The van der Waals surface area contributed by atoms with Crippen LogP contribution in [0.5, 0.6) is 0 Å². The van der Waals surface area contributed by atoms with Gasteiger partial charge < -0.3 is 11.1 Å². The third kappa shape index (κ3) is 4.08. The van der Waals surface area contributed by atoms with Crippen molar-refractivity contribution in [3.05, 3.63) is 29.7 Å². The van der Waals surface area contributed by atoms with Gasteiger partial charge >= 0.3 is 6.18 Å². The molecule has 4 rings (SSSR count). The molecule has 1 saturated carbocycles. The lowest BCUT2D eigenvalue weighted by molar-refractivity contribution is -0.137. The number of halogens is 3. The van der Waals surface area contributed by atoms with Crippen molar-refractivity contribution in [3.8, 4) is 11.1 Å². The molecule has 0 bridgehead atoms. The second-order valence-corrected chi connectivity index (χ2v) is 9.23. The predicted octanol–water partition coefficient (Wildman–Crippen LogP) is 4.00. The van der Waals surface area contributed by atoms with Gasteiger partial charge in [-0.15, -0.1) is 0 Å². The van der Waals surface area contributed by atoms with Crippen LogP contribution in [0.3, 0.4) is 0 Å². The van der Waals surface area contributed by atoms with Crippen LogP contribution < -0.4 is 11.1 Å². The van der Waals surface area contributed by atoms with E-state index < -0.39 is 11.7 Å². The van der Waals surface area contributed by atoms with E-state index in [1.54, 1.807) is 4.68 Å². The number of rotatable bonds is 3. The summed E-state index contributed by atoms with van der Waals surface area (Å²) in [5.41, 5.74) is 6.25. The van der Waals surface area contributed by atoms with Crippen LogP contribution in [-0.4, -0.2) is 26.7 Å². The van der Waals surface area contributed by atoms with Gasteiger partial charge in [0.1, 0.15) is 5.82 Å². The van der Waals surface area contributed by atoms with Gasteiger partial charge in [-0.2, -0.15) is 18.3 Å². The van der Waals surface area contributed by atoms with Crippen molar-refractivity contribution in [3.63, 3.8) is 0 Å². The summed E-state index contributed by atoms with van der Waals surface area (Å²) in [4.78, 5) is 16.5. The molecule has 162 valence electrons. The van der Waals surface area contributed by atoms with E-state index >= 15 is 0 Å². The minimum atomic E-state index is -4.57. The van der Waals surface area contributed by atoms with Crippen molar-refractivity contribution in [1.82, 2.24) is 14.8 Å². The van der Waals surface area contributed by atoms with E-state index in [0.29, 0.717) is 24.9 Å². The fourth-order valence-corrected chi connectivity index (χ4v) is 4.54. The van der Waals surface area contributed by atoms with Crippen LogP contribution in [0.15, 0.2) is 18.5 Å². The predicted molar refractivity (Wildman–Crippen MR) is 107 cm³/mol. The molecular weight excluding hydrogens is 395 g/mol. The number of nitrogens with one attached hydrogen (secondary N) is 1. The van der Waals surface area contributed by atoms with Crippen molar-refractivity contribution in [2.24, 2.45) is 17.1 Å². The molecule has 3 heterocycles. The molecule has 0 saturated heterocycles. The molecule has 30 heavy (non-hydrogen) atoms. The number of nitrogens with zero attached hydrogens (tertiary/aromatic N) is 3. The smallest absolute Gasteiger partial charge is 0.328 e. The van der Waals surface area contributed by atoms with E-state index in [1.807, 2.05) is 0 Å². The van der Waals surface area contributed by atoms with Crippen molar-refractivity contribution < 1.29 is 18.0 Å². The third-order valence-corrected chi connectivity index (χ3v) is 6.01. The summed E-state index contributed by atoms with van der Waals surface area (Å²) in [7, 11) is 0. The molecular formula is C21H26F3N5O. The first kappa shape index (κ1) is 20.8. The summed E-state index contributed by atoms with van der Waals surface area (Å²) >= 11 is 0. The number of alkyl halides is 3. The Bertz CT molecular complexity index is 966. The molecule has 1 amide bonds. The topological polar surface area (TPSA) is 85.8 Å². The maximum Gasteiger partial charge on any atom is 0.418 e. The zero-order valence-corrected chi connectivity index (χ0v) is 17.1. The van der Waals surface area contributed by atoms with E-state index in [1.165, 1.54) is 12.3 Å². The highest BCUT2D eigenvalue weighted by Gasteiger charge is 2.38. The largest absolute Gasteiger partial charge is 0.418 e. The molecule has 2 aromatic rings. The second-order valence-electron chi connectivity index (χ2n) is 9.23.